The predicted molar refractivity (Wildman–Crippen MR) is 149 cm³/mol. The van der Waals surface area contributed by atoms with Crippen LogP contribution in [0.1, 0.15) is 27.2 Å². The average Bonchev–Trinajstić information content (AvgIpc) is 2.89. The number of hydrogen-bond acceptors (Lipinski definition) is 3. The number of benzene rings is 3. The van der Waals surface area contributed by atoms with Crippen LogP contribution in [0.4, 0.5) is 0 Å². The van der Waals surface area contributed by atoms with E-state index >= 15 is 0 Å². The molecule has 0 N–H and O–H groups in total. The van der Waals surface area contributed by atoms with Crippen LogP contribution in [0.5, 0.6) is 0 Å². The molecule has 0 amide bonds. The molecule has 1 aliphatic rings. The zero-order chi connectivity index (χ0) is 24.7. The molecule has 1 heterocycles. The van der Waals surface area contributed by atoms with Crippen molar-refractivity contribution in [3.63, 3.8) is 0 Å². The van der Waals surface area contributed by atoms with Crippen LogP contribution in [-0.2, 0) is 13.9 Å². The minimum absolute atomic E-state index is 0.0203. The summed E-state index contributed by atoms with van der Waals surface area (Å²) in [4.78, 5) is 0. The van der Waals surface area contributed by atoms with Gasteiger partial charge in [0.25, 0.3) is 0 Å². The number of hydrogen-bond donors (Lipinski definition) is 0. The fraction of sp³-hybridized carbons (Fsp3) is 0.333. The fourth-order valence-corrected chi connectivity index (χ4v) is 11.2. The maximum absolute atomic E-state index is 7.14. The van der Waals surface area contributed by atoms with Crippen molar-refractivity contribution in [3.8, 4) is 0 Å². The summed E-state index contributed by atoms with van der Waals surface area (Å²) in [6, 6.07) is 32.1. The molecular weight excluding hydrogens is 515 g/mol. The van der Waals surface area contributed by atoms with E-state index in [0.29, 0.717) is 21.6 Å². The summed E-state index contributed by atoms with van der Waals surface area (Å²) in [5.74, 6) is 0. The first kappa shape index (κ1) is 26.1. The molecule has 4 rings (SSSR count). The second kappa shape index (κ2) is 11.8. The molecule has 0 bridgehead atoms. The van der Waals surface area contributed by atoms with Crippen molar-refractivity contribution in [3.05, 3.63) is 104 Å². The van der Waals surface area contributed by atoms with Crippen LogP contribution in [0.2, 0.25) is 10.4 Å². The first-order chi connectivity index (χ1) is 16.9. The molecule has 3 aromatic carbocycles. The fourth-order valence-electron chi connectivity index (χ4n) is 4.81. The zero-order valence-corrected chi connectivity index (χ0v) is 23.6. The molecule has 1 saturated heterocycles. The molecule has 1 aliphatic heterocycles. The standard InChI is InChI=1S/C30H36O3SeSi/c1-5-24-21-25(33-29(32-24)23-34-26-15-9-6-10-16-26)22-31-35(30(2,3)4,27-17-11-7-12-18-27)28-19-13-8-14-20-28/h5-20,24-25,29H,1,21-23H2,2-4H3. The predicted octanol–water partition coefficient (Wildman–Crippen LogP) is 4.70. The van der Waals surface area contributed by atoms with Gasteiger partial charge in [0, 0.05) is 0 Å². The average molecular weight is 552 g/mol. The SMILES string of the molecule is C=CC1CC(CO[Si](c2ccccc2)(c2ccccc2)C(C)(C)C)OC(C[Se]c2ccccc2)O1. The summed E-state index contributed by atoms with van der Waals surface area (Å²) >= 11 is 0.290. The van der Waals surface area contributed by atoms with Crippen molar-refractivity contribution in [1.82, 2.24) is 0 Å². The molecule has 0 aliphatic carbocycles. The molecular formula is C30H36O3SeSi. The summed E-state index contributed by atoms with van der Waals surface area (Å²) in [5, 5.41) is 3.39. The van der Waals surface area contributed by atoms with E-state index in [2.05, 4.69) is 118 Å². The zero-order valence-electron chi connectivity index (χ0n) is 20.9. The van der Waals surface area contributed by atoms with E-state index in [1.807, 2.05) is 6.08 Å². The van der Waals surface area contributed by atoms with E-state index in [4.69, 9.17) is 13.9 Å². The Balaban J connectivity index is 1.56. The molecule has 184 valence electrons. The molecule has 3 atom stereocenters. The number of rotatable bonds is 9. The van der Waals surface area contributed by atoms with Crippen molar-refractivity contribution in [1.29, 1.82) is 0 Å². The van der Waals surface area contributed by atoms with Crippen LogP contribution in [0.25, 0.3) is 0 Å². The molecule has 3 aromatic rings. The third kappa shape index (κ3) is 6.24. The first-order valence-electron chi connectivity index (χ1n) is 12.3. The minimum atomic E-state index is -2.60. The van der Waals surface area contributed by atoms with Gasteiger partial charge in [0.05, 0.1) is 0 Å². The van der Waals surface area contributed by atoms with Crippen LogP contribution >= 0.6 is 0 Å². The third-order valence-corrected chi connectivity index (χ3v) is 13.7. The Morgan fingerprint density at radius 2 is 1.43 bits per heavy atom. The van der Waals surface area contributed by atoms with Crippen LogP contribution < -0.4 is 14.8 Å². The van der Waals surface area contributed by atoms with Crippen molar-refractivity contribution >= 4 is 38.1 Å². The second-order valence-corrected chi connectivity index (χ2v) is 16.5. The Morgan fingerprint density at radius 3 is 1.94 bits per heavy atom. The van der Waals surface area contributed by atoms with E-state index in [0.717, 1.165) is 11.7 Å². The van der Waals surface area contributed by atoms with Crippen molar-refractivity contribution in [2.75, 3.05) is 6.61 Å². The quantitative estimate of drug-likeness (QED) is 0.285. The van der Waals surface area contributed by atoms with Gasteiger partial charge in [-0.2, -0.15) is 0 Å². The molecule has 0 saturated carbocycles. The summed E-state index contributed by atoms with van der Waals surface area (Å²) in [6.07, 6.45) is 2.37. The van der Waals surface area contributed by atoms with Crippen LogP contribution in [0, 0.1) is 0 Å². The Morgan fingerprint density at radius 1 is 0.886 bits per heavy atom. The third-order valence-electron chi connectivity index (χ3n) is 6.46. The van der Waals surface area contributed by atoms with Crippen LogP contribution in [-0.4, -0.2) is 48.4 Å². The van der Waals surface area contributed by atoms with E-state index in [1.165, 1.54) is 14.8 Å². The summed E-state index contributed by atoms with van der Waals surface area (Å²) < 4.78 is 21.1. The van der Waals surface area contributed by atoms with Gasteiger partial charge in [-0.1, -0.05) is 0 Å². The maximum atomic E-state index is 7.14. The van der Waals surface area contributed by atoms with Crippen molar-refractivity contribution in [2.24, 2.45) is 0 Å². The van der Waals surface area contributed by atoms with Gasteiger partial charge in [-0.3, -0.25) is 0 Å². The van der Waals surface area contributed by atoms with Gasteiger partial charge in [0.1, 0.15) is 0 Å². The van der Waals surface area contributed by atoms with Gasteiger partial charge in [-0.15, -0.1) is 0 Å². The normalized spacial score (nSPS) is 20.9. The summed E-state index contributed by atoms with van der Waals surface area (Å²) in [6.45, 7) is 11.5. The van der Waals surface area contributed by atoms with E-state index < -0.39 is 8.32 Å². The topological polar surface area (TPSA) is 27.7 Å². The molecule has 1 fully saturated rings. The van der Waals surface area contributed by atoms with Crippen molar-refractivity contribution in [2.45, 2.75) is 56.0 Å². The first-order valence-corrected chi connectivity index (χ1v) is 16.3. The molecule has 35 heavy (non-hydrogen) atoms. The van der Waals surface area contributed by atoms with E-state index in [-0.39, 0.29) is 23.5 Å². The summed E-state index contributed by atoms with van der Waals surface area (Å²) in [5.41, 5.74) is 0. The van der Waals surface area contributed by atoms with Gasteiger partial charge >= 0.3 is 218 Å². The van der Waals surface area contributed by atoms with E-state index in [1.54, 1.807) is 0 Å². The molecule has 5 heteroatoms. The molecule has 0 spiro atoms. The van der Waals surface area contributed by atoms with Gasteiger partial charge in [-0.25, -0.2) is 0 Å². The Hall–Kier alpha value is -1.98. The van der Waals surface area contributed by atoms with Crippen molar-refractivity contribution < 1.29 is 13.9 Å². The van der Waals surface area contributed by atoms with Gasteiger partial charge in [-0.05, 0) is 0 Å². The monoisotopic (exact) mass is 552 g/mol. The molecule has 0 aromatic heterocycles. The second-order valence-electron chi connectivity index (χ2n) is 9.93. The number of ether oxygens (including phenoxy) is 2. The molecule has 3 unspecified atom stereocenters. The Labute approximate surface area is 217 Å². The molecule has 0 radical (unpaired) electrons. The Bertz CT molecular complexity index is 1010. The Kier molecular flexibility index (Phi) is 8.82. The summed E-state index contributed by atoms with van der Waals surface area (Å²) in [7, 11) is -2.60. The van der Waals surface area contributed by atoms with E-state index in [9.17, 15) is 0 Å². The van der Waals surface area contributed by atoms with Gasteiger partial charge < -0.3 is 0 Å². The molecule has 3 nitrogen and oxygen atoms in total. The van der Waals surface area contributed by atoms with Crippen LogP contribution in [0.3, 0.4) is 0 Å². The van der Waals surface area contributed by atoms with Gasteiger partial charge in [0.15, 0.2) is 0 Å². The van der Waals surface area contributed by atoms with Crippen LogP contribution in [0.15, 0.2) is 104 Å². The van der Waals surface area contributed by atoms with Gasteiger partial charge in [0.2, 0.25) is 0 Å².